The van der Waals surface area contributed by atoms with Crippen LogP contribution in [0, 0.1) is 12.3 Å². The third-order valence-electron chi connectivity index (χ3n) is 17.2. The number of terminal acetylenes is 1. The molecule has 7 rings (SSSR count). The molecule has 0 spiro atoms. The van der Waals surface area contributed by atoms with Gasteiger partial charge in [-0.15, -0.1) is 34.2 Å². The van der Waals surface area contributed by atoms with Crippen molar-refractivity contribution in [3.63, 3.8) is 0 Å². The summed E-state index contributed by atoms with van der Waals surface area (Å²) in [6.45, 7) is 11.4. The van der Waals surface area contributed by atoms with Crippen molar-refractivity contribution in [2.45, 2.75) is 192 Å². The van der Waals surface area contributed by atoms with E-state index in [1.165, 1.54) is 35.1 Å². The molecule has 0 amide bonds. The zero-order chi connectivity index (χ0) is 75.1. The summed E-state index contributed by atoms with van der Waals surface area (Å²) in [5.41, 5.74) is 13.7. The molecule has 2 aromatic carbocycles. The third-order valence-corrected chi connectivity index (χ3v) is 19.1. The third kappa shape index (κ3) is 33.1. The standard InChI is InChI=1S/C37H56N4O10S.C22H28N4O2S.C15H28O8/c1-4-15-40(16-13-32-9-7-18-52-32)29-11-12-33-27(19-29)8-6-10-34(33)51-35(45)14-17-41-20-28(38-39-41)24-47-25-31(50-36(22-43)46-3)26-48-37(23-44)49-30(5-2)21-42;1-2-13-26(14-11-19-6-4-15-29-19)18-8-9-20-17(16-18)5-3-7-21(20)28-22(27)10-12-24-25-23;1-4-6-20-10-13(23-14(8-17)19-3)11-21-15(9-18)22-12(5-2)7-16/h6-10,18,20,29-31,36-37,42-44H,4-5,11-17,19,21-26H2,1-3H3;3-7,15,18H,2,8-14,16H2,1H3;1,12-18H,5-11H2,2-3H3/t29-,30?,31?,36?,37?;18-;/m10./s1. The van der Waals surface area contributed by atoms with Gasteiger partial charge in [0, 0.05) is 60.6 Å². The Morgan fingerprint density at radius 2 is 1.12 bits per heavy atom. The molecule has 28 nitrogen and oxygen atoms in total. The Morgan fingerprint density at radius 3 is 1.54 bits per heavy atom. The van der Waals surface area contributed by atoms with Crippen LogP contribution < -0.4 is 9.47 Å². The van der Waals surface area contributed by atoms with E-state index in [-0.39, 0.29) is 104 Å². The summed E-state index contributed by atoms with van der Waals surface area (Å²) in [5, 5.41) is 72.0. The van der Waals surface area contributed by atoms with Crippen molar-refractivity contribution in [3.8, 4) is 23.8 Å². The van der Waals surface area contributed by atoms with Gasteiger partial charge < -0.3 is 87.5 Å². The van der Waals surface area contributed by atoms with Gasteiger partial charge in [0.1, 0.15) is 36.0 Å². The van der Waals surface area contributed by atoms with Gasteiger partial charge in [0.05, 0.1) is 110 Å². The number of aromatic nitrogens is 3. The van der Waals surface area contributed by atoms with E-state index < -0.39 is 56.2 Å². The number of nitrogens with zero attached hydrogens (tertiary/aromatic N) is 8. The normalized spacial score (nSPS) is 16.4. The highest BCUT2D eigenvalue weighted by atomic mass is 32.1. The Morgan fingerprint density at radius 1 is 0.635 bits per heavy atom. The lowest BCUT2D eigenvalue weighted by molar-refractivity contribution is -0.236. The Bertz CT molecular complexity index is 3160. The number of benzene rings is 2. The molecule has 30 heteroatoms. The Labute approximate surface area is 620 Å². The molecule has 3 heterocycles. The van der Waals surface area contributed by atoms with Crippen molar-refractivity contribution < 1.29 is 97.1 Å². The van der Waals surface area contributed by atoms with Crippen LogP contribution >= 0.6 is 22.7 Å². The molecular weight excluding hydrogens is 1380 g/mol. The number of thiophene rings is 2. The molecular formula is C74H112N8O20S2. The first-order chi connectivity index (χ1) is 50.7. The predicted molar refractivity (Wildman–Crippen MR) is 392 cm³/mol. The summed E-state index contributed by atoms with van der Waals surface area (Å²) < 4.78 is 67.3. The number of aliphatic hydroxyl groups excluding tert-OH is 6. The van der Waals surface area contributed by atoms with Gasteiger partial charge in [-0.05, 0) is 153 Å². The zero-order valence-corrected chi connectivity index (χ0v) is 62.9. The number of hydrogen-bond acceptors (Lipinski definition) is 27. The van der Waals surface area contributed by atoms with E-state index in [9.17, 15) is 30.0 Å². The monoisotopic (exact) mass is 1500 g/mol. The summed E-state index contributed by atoms with van der Waals surface area (Å²) in [4.78, 5) is 35.7. The van der Waals surface area contributed by atoms with Crippen molar-refractivity contribution in [2.75, 3.05) is 120 Å². The van der Waals surface area contributed by atoms with Gasteiger partial charge in [-0.1, -0.05) is 80.3 Å². The molecule has 8 unspecified atom stereocenters. The second kappa shape index (κ2) is 53.0. The van der Waals surface area contributed by atoms with Gasteiger partial charge in [0.15, 0.2) is 25.2 Å². The summed E-state index contributed by atoms with van der Waals surface area (Å²) in [6.07, 6.45) is 12.7. The molecule has 10 atom stereocenters. The first-order valence-corrected chi connectivity index (χ1v) is 37.7. The number of methoxy groups -OCH3 is 2. The van der Waals surface area contributed by atoms with E-state index in [2.05, 4.69) is 97.1 Å². The van der Waals surface area contributed by atoms with Crippen LogP contribution in [0.3, 0.4) is 0 Å². The number of carbonyl (C=O) groups excluding carboxylic acids is 2. The number of carbonyl (C=O) groups is 2. The maximum absolute atomic E-state index is 12.9. The quantitative estimate of drug-likeness (QED) is 0.00322. The van der Waals surface area contributed by atoms with Crippen LogP contribution in [0.25, 0.3) is 10.4 Å². The molecule has 0 aliphatic heterocycles. The molecule has 6 N–H and O–H groups in total. The van der Waals surface area contributed by atoms with Crippen molar-refractivity contribution in [3.05, 3.63) is 126 Å². The van der Waals surface area contributed by atoms with Crippen LogP contribution in [-0.4, -0.2) is 249 Å². The average Bonchev–Trinajstić information content (AvgIpc) is 1.03. The fourth-order valence-electron chi connectivity index (χ4n) is 11.8. The predicted octanol–water partition coefficient (Wildman–Crippen LogP) is 7.41. The van der Waals surface area contributed by atoms with Crippen LogP contribution in [0.2, 0.25) is 0 Å². The van der Waals surface area contributed by atoms with Crippen LogP contribution in [0.4, 0.5) is 0 Å². The first-order valence-electron chi connectivity index (χ1n) is 35.9. The fraction of sp³-hybridized carbons (Fsp3) is 0.649. The molecule has 5 aromatic rings. The minimum atomic E-state index is -0.974. The molecule has 104 heavy (non-hydrogen) atoms. The van der Waals surface area contributed by atoms with Gasteiger partial charge in [-0.25, -0.2) is 0 Å². The van der Waals surface area contributed by atoms with Crippen LogP contribution in [0.5, 0.6) is 11.5 Å². The number of rotatable bonds is 51. The van der Waals surface area contributed by atoms with Gasteiger partial charge in [0.25, 0.3) is 0 Å². The molecule has 0 saturated carbocycles. The maximum atomic E-state index is 12.9. The molecule has 0 radical (unpaired) electrons. The second-order valence-electron chi connectivity index (χ2n) is 24.7. The summed E-state index contributed by atoms with van der Waals surface area (Å²) in [5.74, 6) is 2.95. The molecule has 3 aromatic heterocycles. The molecule has 2 aliphatic rings. The van der Waals surface area contributed by atoms with Crippen LogP contribution in [-0.2, 0) is 109 Å². The van der Waals surface area contributed by atoms with Crippen molar-refractivity contribution >= 4 is 34.6 Å². The second-order valence-corrected chi connectivity index (χ2v) is 26.8. The Kier molecular flexibility index (Phi) is 45.2. The van der Waals surface area contributed by atoms with E-state index in [1.54, 1.807) is 10.9 Å². The maximum Gasteiger partial charge on any atom is 0.313 e. The highest BCUT2D eigenvalue weighted by Gasteiger charge is 2.30. The highest BCUT2D eigenvalue weighted by molar-refractivity contribution is 7.10. The lowest BCUT2D eigenvalue weighted by Crippen LogP contribution is -2.41. The number of hydrogen-bond donors (Lipinski definition) is 6. The van der Waals surface area contributed by atoms with Gasteiger partial charge in [-0.2, -0.15) is 0 Å². The molecule has 0 saturated heterocycles. The molecule has 580 valence electrons. The van der Waals surface area contributed by atoms with Gasteiger partial charge >= 0.3 is 11.9 Å². The minimum Gasteiger partial charge on any atom is -0.426 e. The zero-order valence-electron chi connectivity index (χ0n) is 61.3. The highest BCUT2D eigenvalue weighted by Crippen LogP contribution is 2.34. The minimum absolute atomic E-state index is 0.0253. The van der Waals surface area contributed by atoms with Gasteiger partial charge in [-0.3, -0.25) is 24.1 Å². The van der Waals surface area contributed by atoms with E-state index in [0.717, 1.165) is 102 Å². The molecule has 0 fully saturated rings. The first kappa shape index (κ1) is 88.7. The van der Waals surface area contributed by atoms with E-state index in [4.69, 9.17) is 79.0 Å². The lowest BCUT2D eigenvalue weighted by atomic mass is 9.86. The summed E-state index contributed by atoms with van der Waals surface area (Å²) >= 11 is 3.65. The summed E-state index contributed by atoms with van der Waals surface area (Å²) in [6, 6.07) is 21.7. The average molecular weight is 1500 g/mol. The van der Waals surface area contributed by atoms with Crippen LogP contribution in [0.15, 0.2) is 82.7 Å². The smallest absolute Gasteiger partial charge is 0.313 e. The Hall–Kier alpha value is -5.93. The number of esters is 2. The van der Waals surface area contributed by atoms with E-state index >= 15 is 0 Å². The summed E-state index contributed by atoms with van der Waals surface area (Å²) in [7, 11) is 2.80. The fourth-order valence-corrected chi connectivity index (χ4v) is 13.2. The van der Waals surface area contributed by atoms with E-state index in [0.29, 0.717) is 48.7 Å². The van der Waals surface area contributed by atoms with Crippen LogP contribution in [0.1, 0.15) is 117 Å². The number of aliphatic hydroxyl groups is 6. The number of ether oxygens (including phenoxy) is 12. The van der Waals surface area contributed by atoms with Crippen molar-refractivity contribution in [1.29, 1.82) is 0 Å². The number of azide groups is 1. The number of aryl methyl sites for hydroxylation is 1. The topological polar surface area (TPSA) is 352 Å². The largest absolute Gasteiger partial charge is 0.426 e. The van der Waals surface area contributed by atoms with E-state index in [1.807, 2.05) is 60.8 Å². The van der Waals surface area contributed by atoms with Gasteiger partial charge in [0.2, 0.25) is 0 Å². The Balaban J connectivity index is 0.000000314. The molecule has 0 bridgehead atoms. The van der Waals surface area contributed by atoms with Crippen molar-refractivity contribution in [1.82, 2.24) is 24.8 Å². The molecule has 2 aliphatic carbocycles. The number of fused-ring (bicyclic) bond motifs is 2. The lowest BCUT2D eigenvalue weighted by Gasteiger charge is -2.35. The van der Waals surface area contributed by atoms with Crippen molar-refractivity contribution in [2.24, 2.45) is 5.11 Å². The SMILES string of the molecule is C#CCOCC(COC(CO)OC(CC)CO)OC(CO)OC.CCCN(CCc1cccs1)[C@@H]1CCc2c(cccc2OC(=O)CCn2cc(COCC(COC(CO)OC(CC)CO)OC(CO)OC)nn2)C1.CCCN(CCc1cccs1)[C@H]1CCc2c(cccc2OC(=O)CCN=[N+]=[N-])C1.